The molecule has 1 heterocycles. The molecule has 3 heteroatoms. The third kappa shape index (κ3) is 1.55. The van der Waals surface area contributed by atoms with Gasteiger partial charge in [-0.2, -0.15) is 0 Å². The Hall–Kier alpha value is -1.38. The number of ketones is 2. The lowest BCUT2D eigenvalue weighted by atomic mass is 10.1. The topological polar surface area (TPSA) is 49.9 Å². The van der Waals surface area contributed by atoms with Gasteiger partial charge in [0.1, 0.15) is 0 Å². The summed E-state index contributed by atoms with van der Waals surface area (Å²) in [7, 11) is 0. The molecule has 3 nitrogen and oxygen atoms in total. The summed E-state index contributed by atoms with van der Waals surface area (Å²) in [5.41, 5.74) is 0.372. The van der Waals surface area contributed by atoms with Crippen molar-refractivity contribution in [2.24, 2.45) is 0 Å². The van der Waals surface area contributed by atoms with E-state index in [4.69, 9.17) is 0 Å². The summed E-state index contributed by atoms with van der Waals surface area (Å²) in [6, 6.07) is 3.28. The van der Waals surface area contributed by atoms with Crippen LogP contribution in [0.3, 0.4) is 0 Å². The zero-order valence-corrected chi connectivity index (χ0v) is 6.26. The Bertz CT molecular complexity index is 262. The van der Waals surface area contributed by atoms with Gasteiger partial charge in [0.2, 0.25) is 11.6 Å². The molecule has 0 radical (unpaired) electrons. The molecule has 0 bridgehead atoms. The molecule has 11 heavy (non-hydrogen) atoms. The number of aromatic amines is 1. The van der Waals surface area contributed by atoms with E-state index in [0.717, 1.165) is 0 Å². The number of rotatable bonds is 3. The molecule has 0 aliphatic carbocycles. The van der Waals surface area contributed by atoms with Gasteiger partial charge in [0.05, 0.1) is 5.69 Å². The van der Waals surface area contributed by atoms with Crippen LogP contribution in [-0.2, 0) is 4.79 Å². The number of hydrogen-bond acceptors (Lipinski definition) is 2. The summed E-state index contributed by atoms with van der Waals surface area (Å²) < 4.78 is 0. The molecule has 1 N–H and O–H groups in total. The van der Waals surface area contributed by atoms with Crippen molar-refractivity contribution in [3.05, 3.63) is 24.0 Å². The van der Waals surface area contributed by atoms with E-state index < -0.39 is 5.78 Å². The van der Waals surface area contributed by atoms with Gasteiger partial charge in [-0.25, -0.2) is 0 Å². The fraction of sp³-hybridized carbons (Fsp3) is 0.250. The summed E-state index contributed by atoms with van der Waals surface area (Å²) in [5, 5.41) is 0. The average molecular weight is 151 g/mol. The van der Waals surface area contributed by atoms with E-state index in [-0.39, 0.29) is 12.2 Å². The van der Waals surface area contributed by atoms with Crippen molar-refractivity contribution in [3.8, 4) is 0 Å². The van der Waals surface area contributed by atoms with Crippen LogP contribution in [0, 0.1) is 0 Å². The van der Waals surface area contributed by atoms with Gasteiger partial charge in [0.15, 0.2) is 0 Å². The van der Waals surface area contributed by atoms with Crippen LogP contribution in [0.2, 0.25) is 0 Å². The molecule has 0 spiro atoms. The molecule has 0 fully saturated rings. The number of H-pyrrole nitrogens is 1. The first-order chi connectivity index (χ1) is 5.25. The van der Waals surface area contributed by atoms with Crippen LogP contribution in [0.4, 0.5) is 0 Å². The van der Waals surface area contributed by atoms with Gasteiger partial charge in [-0.15, -0.1) is 0 Å². The predicted molar refractivity (Wildman–Crippen MR) is 40.4 cm³/mol. The fourth-order valence-corrected chi connectivity index (χ4v) is 0.782. The molecule has 0 aromatic carbocycles. The Morgan fingerprint density at radius 1 is 1.55 bits per heavy atom. The normalized spacial score (nSPS) is 9.55. The molecule has 58 valence electrons. The number of Topliss-reactive ketones (excluding diaryl/α,β-unsaturated/α-hetero) is 2. The lowest BCUT2D eigenvalue weighted by Gasteiger charge is -1.91. The van der Waals surface area contributed by atoms with E-state index in [2.05, 4.69) is 4.98 Å². The van der Waals surface area contributed by atoms with Crippen molar-refractivity contribution in [1.82, 2.24) is 4.98 Å². The van der Waals surface area contributed by atoms with E-state index >= 15 is 0 Å². The van der Waals surface area contributed by atoms with Gasteiger partial charge < -0.3 is 4.98 Å². The van der Waals surface area contributed by atoms with Gasteiger partial charge in [0, 0.05) is 12.6 Å². The van der Waals surface area contributed by atoms with Crippen molar-refractivity contribution in [3.63, 3.8) is 0 Å². The second kappa shape index (κ2) is 3.14. The van der Waals surface area contributed by atoms with Gasteiger partial charge >= 0.3 is 0 Å². The maximum atomic E-state index is 11.1. The molecular formula is C8H9NO2. The van der Waals surface area contributed by atoms with E-state index in [1.54, 1.807) is 25.3 Å². The lowest BCUT2D eigenvalue weighted by molar-refractivity contribution is -0.114. The maximum absolute atomic E-state index is 11.1. The zero-order valence-electron chi connectivity index (χ0n) is 6.26. The summed E-state index contributed by atoms with van der Waals surface area (Å²) in [5.74, 6) is -0.787. The molecule has 0 amide bonds. The third-order valence-corrected chi connectivity index (χ3v) is 1.42. The molecule has 0 saturated carbocycles. The van der Waals surface area contributed by atoms with E-state index in [0.29, 0.717) is 5.69 Å². The highest BCUT2D eigenvalue weighted by Crippen LogP contribution is 1.98. The van der Waals surface area contributed by atoms with Crippen molar-refractivity contribution in [2.75, 3.05) is 0 Å². The van der Waals surface area contributed by atoms with Gasteiger partial charge in [0.25, 0.3) is 0 Å². The van der Waals surface area contributed by atoms with E-state index in [1.165, 1.54) is 0 Å². The molecular weight excluding hydrogens is 142 g/mol. The second-order valence-electron chi connectivity index (χ2n) is 2.19. The van der Waals surface area contributed by atoms with Crippen molar-refractivity contribution < 1.29 is 9.59 Å². The minimum atomic E-state index is -0.433. The highest BCUT2D eigenvalue weighted by molar-refractivity contribution is 6.43. The van der Waals surface area contributed by atoms with Crippen molar-refractivity contribution >= 4 is 11.6 Å². The van der Waals surface area contributed by atoms with Crippen LogP contribution in [0.25, 0.3) is 0 Å². The molecule has 0 saturated heterocycles. The molecule has 1 rings (SSSR count). The van der Waals surface area contributed by atoms with Crippen molar-refractivity contribution in [2.45, 2.75) is 13.3 Å². The summed E-state index contributed by atoms with van der Waals surface area (Å²) in [6.07, 6.45) is 1.88. The van der Waals surface area contributed by atoms with Crippen LogP contribution in [0.1, 0.15) is 23.8 Å². The fourth-order valence-electron chi connectivity index (χ4n) is 0.782. The Morgan fingerprint density at radius 2 is 2.27 bits per heavy atom. The standard InChI is InChI=1S/C8H9NO2/c1-2-7(10)8(11)6-4-3-5-9-6/h3-5,9H,2H2,1H3. The Morgan fingerprint density at radius 3 is 2.73 bits per heavy atom. The molecule has 1 aromatic heterocycles. The molecule has 1 aromatic rings. The largest absolute Gasteiger partial charge is 0.358 e. The summed E-state index contributed by atoms with van der Waals surface area (Å²) in [6.45, 7) is 1.67. The first-order valence-electron chi connectivity index (χ1n) is 3.46. The molecule has 0 unspecified atom stereocenters. The van der Waals surface area contributed by atoms with Crippen LogP contribution in [0.15, 0.2) is 18.3 Å². The molecule has 0 atom stereocenters. The number of aromatic nitrogens is 1. The highest BCUT2D eigenvalue weighted by Gasteiger charge is 2.13. The average Bonchev–Trinajstić information content (AvgIpc) is 2.53. The lowest BCUT2D eigenvalue weighted by Crippen LogP contribution is -2.12. The smallest absolute Gasteiger partial charge is 0.244 e. The Kier molecular flexibility index (Phi) is 2.21. The van der Waals surface area contributed by atoms with Crippen LogP contribution < -0.4 is 0 Å². The zero-order chi connectivity index (χ0) is 8.27. The van der Waals surface area contributed by atoms with E-state index in [9.17, 15) is 9.59 Å². The van der Waals surface area contributed by atoms with E-state index in [1.807, 2.05) is 0 Å². The second-order valence-corrected chi connectivity index (χ2v) is 2.19. The quantitative estimate of drug-likeness (QED) is 0.520. The van der Waals surface area contributed by atoms with Gasteiger partial charge in [-0.05, 0) is 12.1 Å². The monoisotopic (exact) mass is 151 g/mol. The number of carbonyl (C=O) groups is 2. The number of carbonyl (C=O) groups excluding carboxylic acids is 2. The minimum absolute atomic E-state index is 0.262. The van der Waals surface area contributed by atoms with Crippen LogP contribution in [-0.4, -0.2) is 16.6 Å². The molecule has 0 aliphatic heterocycles. The summed E-state index contributed by atoms with van der Waals surface area (Å²) >= 11 is 0. The highest BCUT2D eigenvalue weighted by atomic mass is 16.2. The maximum Gasteiger partial charge on any atom is 0.244 e. The molecule has 0 aliphatic rings. The summed E-state index contributed by atoms with van der Waals surface area (Å²) in [4.78, 5) is 24.6. The van der Waals surface area contributed by atoms with Gasteiger partial charge in [-0.3, -0.25) is 9.59 Å². The van der Waals surface area contributed by atoms with Crippen LogP contribution in [0.5, 0.6) is 0 Å². The predicted octanol–water partition coefficient (Wildman–Crippen LogP) is 1.18. The number of nitrogens with one attached hydrogen (secondary N) is 1. The minimum Gasteiger partial charge on any atom is -0.358 e. The Labute approximate surface area is 64.4 Å². The van der Waals surface area contributed by atoms with Crippen LogP contribution >= 0.6 is 0 Å². The Balaban J connectivity index is 2.79. The SMILES string of the molecule is CCC(=O)C(=O)c1ccc[nH]1. The third-order valence-electron chi connectivity index (χ3n) is 1.42. The number of hydrogen-bond donors (Lipinski definition) is 1. The first kappa shape index (κ1) is 7.72. The van der Waals surface area contributed by atoms with Crippen molar-refractivity contribution in [1.29, 1.82) is 0 Å². The van der Waals surface area contributed by atoms with Gasteiger partial charge in [-0.1, -0.05) is 6.92 Å². The first-order valence-corrected chi connectivity index (χ1v) is 3.46.